The maximum Gasteiger partial charge on any atom is 0.233 e. The van der Waals surface area contributed by atoms with Crippen molar-refractivity contribution in [2.75, 3.05) is 5.75 Å². The Morgan fingerprint density at radius 1 is 1.35 bits per heavy atom. The zero-order valence-corrected chi connectivity index (χ0v) is 10.7. The van der Waals surface area contributed by atoms with Crippen LogP contribution >= 0.6 is 11.8 Å². The van der Waals surface area contributed by atoms with Gasteiger partial charge in [0.25, 0.3) is 0 Å². The molecule has 1 amide bonds. The molecule has 2 rings (SSSR count). The fourth-order valence-electron chi connectivity index (χ4n) is 2.13. The monoisotopic (exact) mass is 250 g/mol. The van der Waals surface area contributed by atoms with Crippen molar-refractivity contribution >= 4 is 17.7 Å². The van der Waals surface area contributed by atoms with Gasteiger partial charge < -0.3 is 0 Å². The van der Waals surface area contributed by atoms with Crippen LogP contribution in [-0.2, 0) is 17.6 Å². The highest BCUT2D eigenvalue weighted by molar-refractivity contribution is 7.99. The Morgan fingerprint density at radius 3 is 3.00 bits per heavy atom. The lowest BCUT2D eigenvalue weighted by atomic mass is 10.1. The van der Waals surface area contributed by atoms with Crippen molar-refractivity contribution in [3.63, 3.8) is 0 Å². The summed E-state index contributed by atoms with van der Waals surface area (Å²) < 4.78 is 0. The summed E-state index contributed by atoms with van der Waals surface area (Å²) in [6, 6.07) is 6.74. The molecule has 0 aliphatic heterocycles. The highest BCUT2D eigenvalue weighted by Crippen LogP contribution is 2.27. The van der Waals surface area contributed by atoms with Gasteiger partial charge in [-0.3, -0.25) is 10.2 Å². The van der Waals surface area contributed by atoms with E-state index in [0.717, 1.165) is 12.2 Å². The molecule has 1 aromatic rings. The van der Waals surface area contributed by atoms with Crippen LogP contribution in [0.1, 0.15) is 30.4 Å². The van der Waals surface area contributed by atoms with E-state index in [2.05, 4.69) is 23.6 Å². The number of hydrogen-bond acceptors (Lipinski definition) is 3. The van der Waals surface area contributed by atoms with Gasteiger partial charge >= 0.3 is 0 Å². The number of hydrazine groups is 1. The number of nitrogens with two attached hydrogens (primary N) is 1. The highest BCUT2D eigenvalue weighted by atomic mass is 32.2. The Morgan fingerprint density at radius 2 is 2.18 bits per heavy atom. The number of amides is 1. The molecular weight excluding hydrogens is 232 g/mol. The van der Waals surface area contributed by atoms with Crippen molar-refractivity contribution < 1.29 is 4.79 Å². The van der Waals surface area contributed by atoms with Gasteiger partial charge in [-0.25, -0.2) is 5.84 Å². The Bertz CT molecular complexity index is 406. The molecule has 0 saturated carbocycles. The molecule has 0 aromatic heterocycles. The molecule has 3 nitrogen and oxygen atoms in total. The Balaban J connectivity index is 1.78. The van der Waals surface area contributed by atoms with Crippen LogP contribution in [0.25, 0.3) is 0 Å². The number of hydrogen-bond donors (Lipinski definition) is 2. The first-order valence-electron chi connectivity index (χ1n) is 6.03. The van der Waals surface area contributed by atoms with E-state index in [4.69, 9.17) is 5.84 Å². The molecule has 0 fully saturated rings. The third-order valence-electron chi connectivity index (χ3n) is 3.05. The second kappa shape index (κ2) is 6.07. The maximum absolute atomic E-state index is 10.9. The Kier molecular flexibility index (Phi) is 4.45. The molecule has 0 saturated heterocycles. The number of rotatable bonds is 5. The lowest BCUT2D eigenvalue weighted by Crippen LogP contribution is -2.29. The molecule has 1 aliphatic rings. The number of benzene rings is 1. The van der Waals surface area contributed by atoms with Crippen LogP contribution in [0.2, 0.25) is 0 Å². The summed E-state index contributed by atoms with van der Waals surface area (Å²) in [6.07, 6.45) is 5.12. The van der Waals surface area contributed by atoms with E-state index in [1.807, 2.05) is 11.8 Å². The van der Waals surface area contributed by atoms with E-state index in [1.165, 1.54) is 35.3 Å². The molecule has 4 heteroatoms. The van der Waals surface area contributed by atoms with Crippen molar-refractivity contribution in [2.45, 2.75) is 37.0 Å². The van der Waals surface area contributed by atoms with E-state index in [0.29, 0.717) is 6.42 Å². The number of carbonyl (C=O) groups excluding carboxylic acids is 1. The van der Waals surface area contributed by atoms with Crippen LogP contribution in [0.5, 0.6) is 0 Å². The van der Waals surface area contributed by atoms with Gasteiger partial charge in [0.1, 0.15) is 0 Å². The second-order valence-corrected chi connectivity index (χ2v) is 5.47. The van der Waals surface area contributed by atoms with Gasteiger partial charge in [-0.2, -0.15) is 0 Å². The first-order valence-corrected chi connectivity index (χ1v) is 7.02. The summed E-state index contributed by atoms with van der Waals surface area (Å²) in [5, 5.41) is 0. The van der Waals surface area contributed by atoms with Crippen molar-refractivity contribution in [2.24, 2.45) is 5.84 Å². The molecular formula is C13H18N2OS. The summed E-state index contributed by atoms with van der Waals surface area (Å²) in [7, 11) is 0. The van der Waals surface area contributed by atoms with Gasteiger partial charge in [0.05, 0.1) is 0 Å². The van der Waals surface area contributed by atoms with Crippen molar-refractivity contribution in [1.82, 2.24) is 5.43 Å². The van der Waals surface area contributed by atoms with Gasteiger partial charge in [-0.1, -0.05) is 6.07 Å². The molecule has 1 aliphatic carbocycles. The number of carbonyl (C=O) groups is 1. The lowest BCUT2D eigenvalue weighted by Gasteiger charge is -2.04. The van der Waals surface area contributed by atoms with E-state index < -0.39 is 0 Å². The average Bonchev–Trinajstić information content (AvgIpc) is 2.81. The highest BCUT2D eigenvalue weighted by Gasteiger charge is 2.10. The molecule has 0 spiro atoms. The third-order valence-corrected chi connectivity index (χ3v) is 4.13. The van der Waals surface area contributed by atoms with Crippen LogP contribution in [-0.4, -0.2) is 11.7 Å². The van der Waals surface area contributed by atoms with Crippen LogP contribution in [0.4, 0.5) is 0 Å². The van der Waals surface area contributed by atoms with Crippen LogP contribution in [0.3, 0.4) is 0 Å². The van der Waals surface area contributed by atoms with E-state index >= 15 is 0 Å². The number of aryl methyl sites for hydroxylation is 2. The summed E-state index contributed by atoms with van der Waals surface area (Å²) in [5.74, 6) is 5.90. The first-order chi connectivity index (χ1) is 8.29. The number of nitrogens with one attached hydrogen (secondary N) is 1. The zero-order chi connectivity index (χ0) is 12.1. The Labute approximate surface area is 106 Å². The molecule has 0 unspecified atom stereocenters. The molecule has 0 heterocycles. The average molecular weight is 250 g/mol. The van der Waals surface area contributed by atoms with E-state index in [-0.39, 0.29) is 5.91 Å². The minimum Gasteiger partial charge on any atom is -0.294 e. The minimum atomic E-state index is -0.0837. The summed E-state index contributed by atoms with van der Waals surface area (Å²) in [6.45, 7) is 0. The van der Waals surface area contributed by atoms with Gasteiger partial charge in [0.2, 0.25) is 5.91 Å². The quantitative estimate of drug-likeness (QED) is 0.276. The summed E-state index contributed by atoms with van der Waals surface area (Å²) in [4.78, 5) is 12.2. The molecule has 17 heavy (non-hydrogen) atoms. The summed E-state index contributed by atoms with van der Waals surface area (Å²) in [5.41, 5.74) is 5.17. The van der Waals surface area contributed by atoms with Crippen molar-refractivity contribution in [3.05, 3.63) is 29.3 Å². The normalized spacial score (nSPS) is 13.5. The predicted octanol–water partition coefficient (Wildman–Crippen LogP) is 2.04. The molecule has 92 valence electrons. The SMILES string of the molecule is NNC(=O)CCCSc1ccc2c(c1)CCC2. The standard InChI is InChI=1S/C13H18N2OS/c14-15-13(16)5-2-8-17-12-7-6-10-3-1-4-11(10)9-12/h6-7,9H,1-5,8,14H2,(H,15,16). The fraction of sp³-hybridized carbons (Fsp3) is 0.462. The topological polar surface area (TPSA) is 55.1 Å². The molecule has 0 bridgehead atoms. The van der Waals surface area contributed by atoms with Crippen LogP contribution in [0.15, 0.2) is 23.1 Å². The zero-order valence-electron chi connectivity index (χ0n) is 9.87. The first kappa shape index (κ1) is 12.5. The van der Waals surface area contributed by atoms with Gasteiger partial charge in [0.15, 0.2) is 0 Å². The van der Waals surface area contributed by atoms with E-state index in [9.17, 15) is 4.79 Å². The number of fused-ring (bicyclic) bond motifs is 1. The lowest BCUT2D eigenvalue weighted by molar-refractivity contribution is -0.121. The fourth-order valence-corrected chi connectivity index (χ4v) is 3.05. The Hall–Kier alpha value is -1.00. The number of thioether (sulfide) groups is 1. The minimum absolute atomic E-state index is 0.0837. The molecule has 0 atom stereocenters. The van der Waals surface area contributed by atoms with Crippen LogP contribution < -0.4 is 11.3 Å². The maximum atomic E-state index is 10.9. The van der Waals surface area contributed by atoms with Gasteiger partial charge in [-0.05, 0) is 54.7 Å². The van der Waals surface area contributed by atoms with Crippen molar-refractivity contribution in [3.8, 4) is 0 Å². The molecule has 0 radical (unpaired) electrons. The second-order valence-electron chi connectivity index (χ2n) is 4.30. The van der Waals surface area contributed by atoms with E-state index in [1.54, 1.807) is 0 Å². The largest absolute Gasteiger partial charge is 0.294 e. The molecule has 1 aromatic carbocycles. The third kappa shape index (κ3) is 3.48. The smallest absolute Gasteiger partial charge is 0.233 e. The van der Waals surface area contributed by atoms with Gasteiger partial charge in [0, 0.05) is 11.3 Å². The van der Waals surface area contributed by atoms with Crippen molar-refractivity contribution in [1.29, 1.82) is 0 Å². The van der Waals surface area contributed by atoms with Gasteiger partial charge in [-0.15, -0.1) is 11.8 Å². The summed E-state index contributed by atoms with van der Waals surface area (Å²) >= 11 is 1.82. The van der Waals surface area contributed by atoms with Crippen LogP contribution in [0, 0.1) is 0 Å². The molecule has 3 N–H and O–H groups in total. The predicted molar refractivity (Wildman–Crippen MR) is 70.8 cm³/mol.